The van der Waals surface area contributed by atoms with Crippen LogP contribution in [0.2, 0.25) is 5.02 Å². The van der Waals surface area contributed by atoms with Crippen molar-refractivity contribution in [2.24, 2.45) is 5.73 Å². The van der Waals surface area contributed by atoms with Gasteiger partial charge >= 0.3 is 0 Å². The van der Waals surface area contributed by atoms with Gasteiger partial charge in [-0.3, -0.25) is 0 Å². The van der Waals surface area contributed by atoms with E-state index >= 15 is 0 Å². The van der Waals surface area contributed by atoms with Gasteiger partial charge in [0.2, 0.25) is 0 Å². The van der Waals surface area contributed by atoms with Gasteiger partial charge < -0.3 is 11.1 Å². The molecule has 0 amide bonds. The molecule has 88 valence electrons. The summed E-state index contributed by atoms with van der Waals surface area (Å²) in [4.78, 5) is 4.52. The fourth-order valence-corrected chi connectivity index (χ4v) is 2.26. The van der Waals surface area contributed by atoms with Crippen molar-refractivity contribution in [3.8, 4) is 0 Å². The molecular weight excluding hydrogens is 274 g/mol. The van der Waals surface area contributed by atoms with Gasteiger partial charge in [-0.2, -0.15) is 0 Å². The number of nitrogens with zero attached hydrogens (tertiary/aromatic N) is 1. The molecule has 1 heterocycles. The van der Waals surface area contributed by atoms with Crippen LogP contribution in [0.4, 0.5) is 5.69 Å². The van der Waals surface area contributed by atoms with Crippen LogP contribution in [0.5, 0.6) is 0 Å². The van der Waals surface area contributed by atoms with E-state index in [1.165, 1.54) is 0 Å². The van der Waals surface area contributed by atoms with Crippen molar-refractivity contribution in [2.45, 2.75) is 6.54 Å². The van der Waals surface area contributed by atoms with Crippen LogP contribution in [0.3, 0.4) is 0 Å². The van der Waals surface area contributed by atoms with Crippen molar-refractivity contribution < 1.29 is 0 Å². The number of thiazole rings is 1. The summed E-state index contributed by atoms with van der Waals surface area (Å²) in [5.74, 6) is 0. The average Bonchev–Trinajstić information content (AvgIpc) is 2.80. The third-order valence-electron chi connectivity index (χ3n) is 2.20. The minimum Gasteiger partial charge on any atom is -0.389 e. The van der Waals surface area contributed by atoms with Crippen LogP contribution in [0, 0.1) is 0 Å². The average molecular weight is 284 g/mol. The van der Waals surface area contributed by atoms with Crippen LogP contribution in [-0.2, 0) is 6.54 Å². The Kier molecular flexibility index (Phi) is 3.93. The summed E-state index contributed by atoms with van der Waals surface area (Å²) >= 11 is 12.6. The summed E-state index contributed by atoms with van der Waals surface area (Å²) in [5.41, 5.74) is 9.93. The molecule has 1 aromatic heterocycles. The number of nitrogens with one attached hydrogen (secondary N) is 1. The van der Waals surface area contributed by atoms with E-state index in [0.717, 1.165) is 16.9 Å². The van der Waals surface area contributed by atoms with E-state index in [4.69, 9.17) is 29.6 Å². The Morgan fingerprint density at radius 2 is 2.35 bits per heavy atom. The third kappa shape index (κ3) is 3.15. The van der Waals surface area contributed by atoms with Crippen LogP contribution in [0.25, 0.3) is 0 Å². The summed E-state index contributed by atoms with van der Waals surface area (Å²) < 4.78 is 0. The predicted octanol–water partition coefficient (Wildman–Crippen LogP) is 3.04. The molecule has 0 saturated carbocycles. The van der Waals surface area contributed by atoms with Crippen molar-refractivity contribution in [3.05, 3.63) is 45.4 Å². The third-order valence-corrected chi connectivity index (χ3v) is 3.38. The molecule has 17 heavy (non-hydrogen) atoms. The number of hydrogen-bond donors (Lipinski definition) is 2. The molecule has 1 aromatic carbocycles. The number of hydrogen-bond acceptors (Lipinski definition) is 4. The zero-order valence-electron chi connectivity index (χ0n) is 8.81. The van der Waals surface area contributed by atoms with Crippen molar-refractivity contribution in [3.63, 3.8) is 0 Å². The molecule has 0 radical (unpaired) electrons. The summed E-state index contributed by atoms with van der Waals surface area (Å²) in [6, 6.07) is 5.47. The Labute approximate surface area is 114 Å². The first-order valence-electron chi connectivity index (χ1n) is 4.87. The largest absolute Gasteiger partial charge is 0.389 e. The molecule has 0 aliphatic rings. The Morgan fingerprint density at radius 3 is 2.94 bits per heavy atom. The van der Waals surface area contributed by atoms with Crippen LogP contribution < -0.4 is 11.1 Å². The van der Waals surface area contributed by atoms with Gasteiger partial charge in [0.05, 0.1) is 28.5 Å². The Morgan fingerprint density at radius 1 is 1.53 bits per heavy atom. The molecule has 3 nitrogen and oxygen atoms in total. The summed E-state index contributed by atoms with van der Waals surface area (Å²) in [5, 5.41) is 5.80. The van der Waals surface area contributed by atoms with E-state index in [1.807, 2.05) is 17.5 Å². The maximum atomic E-state index is 6.12. The Hall–Kier alpha value is -1.17. The van der Waals surface area contributed by atoms with E-state index in [1.54, 1.807) is 22.9 Å². The SMILES string of the molecule is NC(=S)c1ccc(NCc2cscn2)c(Cl)c1. The van der Waals surface area contributed by atoms with Crippen LogP contribution in [-0.4, -0.2) is 9.97 Å². The van der Waals surface area contributed by atoms with Gasteiger partial charge in [-0.1, -0.05) is 23.8 Å². The first kappa shape index (κ1) is 12.3. The summed E-state index contributed by atoms with van der Waals surface area (Å²) in [6.07, 6.45) is 0. The molecule has 6 heteroatoms. The van der Waals surface area contributed by atoms with Gasteiger partial charge in [0, 0.05) is 10.9 Å². The standard InChI is InChI=1S/C11H10ClN3S2/c12-9-3-7(11(13)16)1-2-10(9)14-4-8-5-17-6-15-8/h1-3,5-6,14H,4H2,(H2,13,16). The van der Waals surface area contributed by atoms with E-state index < -0.39 is 0 Å². The number of thiocarbonyl (C=S) groups is 1. The molecule has 2 rings (SSSR count). The van der Waals surface area contributed by atoms with Crippen LogP contribution in [0.15, 0.2) is 29.1 Å². The Balaban J connectivity index is 2.09. The van der Waals surface area contributed by atoms with Crippen LogP contribution >= 0.6 is 35.2 Å². The normalized spacial score (nSPS) is 10.2. The van der Waals surface area contributed by atoms with E-state index in [0.29, 0.717) is 16.6 Å². The van der Waals surface area contributed by atoms with E-state index in [-0.39, 0.29) is 0 Å². The van der Waals surface area contributed by atoms with Crippen LogP contribution in [0.1, 0.15) is 11.3 Å². The number of rotatable bonds is 4. The lowest BCUT2D eigenvalue weighted by Gasteiger charge is -2.08. The van der Waals surface area contributed by atoms with Gasteiger partial charge in [0.15, 0.2) is 0 Å². The highest BCUT2D eigenvalue weighted by molar-refractivity contribution is 7.80. The quantitative estimate of drug-likeness (QED) is 0.847. The molecule has 0 aliphatic carbocycles. The van der Waals surface area contributed by atoms with Crippen molar-refractivity contribution in [1.82, 2.24) is 4.98 Å². The van der Waals surface area contributed by atoms with Crippen molar-refractivity contribution >= 4 is 45.8 Å². The van der Waals surface area contributed by atoms with E-state index in [9.17, 15) is 0 Å². The number of benzene rings is 1. The highest BCUT2D eigenvalue weighted by Gasteiger charge is 2.04. The van der Waals surface area contributed by atoms with Crippen molar-refractivity contribution in [2.75, 3.05) is 5.32 Å². The van der Waals surface area contributed by atoms with Gasteiger partial charge in [-0.15, -0.1) is 11.3 Å². The number of aromatic nitrogens is 1. The molecule has 0 unspecified atom stereocenters. The van der Waals surface area contributed by atoms with Gasteiger partial charge in [0.1, 0.15) is 4.99 Å². The molecule has 3 N–H and O–H groups in total. The first-order chi connectivity index (χ1) is 8.16. The molecule has 0 fully saturated rings. The molecular formula is C11H10ClN3S2. The minimum atomic E-state index is 0.345. The molecule has 2 aromatic rings. The maximum Gasteiger partial charge on any atom is 0.104 e. The lowest BCUT2D eigenvalue weighted by Crippen LogP contribution is -2.09. The molecule has 0 spiro atoms. The summed E-state index contributed by atoms with van der Waals surface area (Å²) in [7, 11) is 0. The first-order valence-corrected chi connectivity index (χ1v) is 6.60. The summed E-state index contributed by atoms with van der Waals surface area (Å²) in [6.45, 7) is 0.648. The smallest absolute Gasteiger partial charge is 0.104 e. The predicted molar refractivity (Wildman–Crippen MR) is 76.8 cm³/mol. The monoisotopic (exact) mass is 283 g/mol. The fourth-order valence-electron chi connectivity index (χ4n) is 1.32. The van der Waals surface area contributed by atoms with Crippen molar-refractivity contribution in [1.29, 1.82) is 0 Å². The molecule has 0 atom stereocenters. The maximum absolute atomic E-state index is 6.12. The lowest BCUT2D eigenvalue weighted by molar-refractivity contribution is 1.07. The van der Waals surface area contributed by atoms with Gasteiger partial charge in [-0.25, -0.2) is 4.98 Å². The molecule has 0 saturated heterocycles. The highest BCUT2D eigenvalue weighted by atomic mass is 35.5. The Bertz CT molecular complexity index is 526. The molecule has 0 aliphatic heterocycles. The minimum absolute atomic E-state index is 0.345. The second-order valence-electron chi connectivity index (χ2n) is 3.39. The zero-order chi connectivity index (χ0) is 12.3. The fraction of sp³-hybridized carbons (Fsp3) is 0.0909. The highest BCUT2D eigenvalue weighted by Crippen LogP contribution is 2.23. The van der Waals surface area contributed by atoms with Gasteiger partial charge in [0.25, 0.3) is 0 Å². The molecule has 0 bridgehead atoms. The number of nitrogens with two attached hydrogens (primary N) is 1. The second kappa shape index (κ2) is 5.44. The zero-order valence-corrected chi connectivity index (χ0v) is 11.2. The second-order valence-corrected chi connectivity index (χ2v) is 4.96. The van der Waals surface area contributed by atoms with Gasteiger partial charge in [-0.05, 0) is 18.2 Å². The lowest BCUT2D eigenvalue weighted by atomic mass is 10.2. The van der Waals surface area contributed by atoms with E-state index in [2.05, 4.69) is 10.3 Å². The topological polar surface area (TPSA) is 50.9 Å². The number of anilines is 1. The number of halogens is 1.